The summed E-state index contributed by atoms with van der Waals surface area (Å²) in [5, 5.41) is 12.2. The summed E-state index contributed by atoms with van der Waals surface area (Å²) < 4.78 is 0. The fraction of sp³-hybridized carbons (Fsp3) is 0.833. The molecular formula is C12H23NO. The van der Waals surface area contributed by atoms with Crippen molar-refractivity contribution in [1.82, 2.24) is 5.32 Å². The van der Waals surface area contributed by atoms with E-state index >= 15 is 0 Å². The second-order valence-corrected chi connectivity index (χ2v) is 4.33. The third-order valence-corrected chi connectivity index (χ3v) is 2.93. The van der Waals surface area contributed by atoms with Crippen molar-refractivity contribution in [2.75, 3.05) is 13.2 Å². The normalized spacial score (nSPS) is 23.7. The Kier molecular flexibility index (Phi) is 5.88. The van der Waals surface area contributed by atoms with Crippen LogP contribution in [0.25, 0.3) is 0 Å². The zero-order valence-corrected chi connectivity index (χ0v) is 9.21. The van der Waals surface area contributed by atoms with E-state index in [-0.39, 0.29) is 0 Å². The number of aliphatic hydroxyl groups excluding tert-OH is 1. The van der Waals surface area contributed by atoms with Crippen molar-refractivity contribution in [2.24, 2.45) is 5.92 Å². The lowest BCUT2D eigenvalue weighted by molar-refractivity contribution is 0.274. The van der Waals surface area contributed by atoms with Gasteiger partial charge in [0.2, 0.25) is 0 Å². The molecule has 2 N–H and O–H groups in total. The standard InChI is InChI=1S/C12H23NO/c1-11(6-5-9-14)13-10-12-7-3-2-4-8-12/h2-3,11-14H,4-10H2,1H3/t11-,12-/m0/s1. The summed E-state index contributed by atoms with van der Waals surface area (Å²) in [5.74, 6) is 0.830. The first kappa shape index (κ1) is 11.7. The maximum absolute atomic E-state index is 8.70. The van der Waals surface area contributed by atoms with Crippen LogP contribution < -0.4 is 5.32 Å². The quantitative estimate of drug-likeness (QED) is 0.639. The van der Waals surface area contributed by atoms with Crippen LogP contribution in [-0.4, -0.2) is 24.3 Å². The minimum Gasteiger partial charge on any atom is -0.396 e. The Hall–Kier alpha value is -0.340. The molecule has 0 amide bonds. The summed E-state index contributed by atoms with van der Waals surface area (Å²) in [6.07, 6.45) is 10.4. The largest absolute Gasteiger partial charge is 0.396 e. The Bertz CT molecular complexity index is 168. The molecule has 0 spiro atoms. The number of hydrogen-bond donors (Lipinski definition) is 2. The maximum Gasteiger partial charge on any atom is 0.0431 e. The summed E-state index contributed by atoms with van der Waals surface area (Å²) in [6, 6.07) is 0.549. The van der Waals surface area contributed by atoms with Crippen molar-refractivity contribution in [1.29, 1.82) is 0 Å². The predicted octanol–water partition coefficient (Wildman–Crippen LogP) is 2.09. The first-order valence-corrected chi connectivity index (χ1v) is 5.82. The average molecular weight is 197 g/mol. The first-order chi connectivity index (χ1) is 6.83. The van der Waals surface area contributed by atoms with E-state index in [0.717, 1.165) is 25.3 Å². The zero-order chi connectivity index (χ0) is 10.2. The van der Waals surface area contributed by atoms with Crippen LogP contribution in [0.3, 0.4) is 0 Å². The predicted molar refractivity (Wildman–Crippen MR) is 60.3 cm³/mol. The average Bonchev–Trinajstić information content (AvgIpc) is 2.25. The summed E-state index contributed by atoms with van der Waals surface area (Å²) in [6.45, 7) is 3.66. The summed E-state index contributed by atoms with van der Waals surface area (Å²) >= 11 is 0. The van der Waals surface area contributed by atoms with E-state index in [2.05, 4.69) is 24.4 Å². The first-order valence-electron chi connectivity index (χ1n) is 5.82. The van der Waals surface area contributed by atoms with Gasteiger partial charge in [-0.1, -0.05) is 12.2 Å². The highest BCUT2D eigenvalue weighted by Crippen LogP contribution is 2.17. The van der Waals surface area contributed by atoms with Crippen LogP contribution in [0.1, 0.15) is 39.0 Å². The maximum atomic E-state index is 8.70. The van der Waals surface area contributed by atoms with E-state index in [0.29, 0.717) is 12.6 Å². The lowest BCUT2D eigenvalue weighted by atomic mass is 9.94. The molecule has 0 aliphatic heterocycles. The molecule has 1 aliphatic carbocycles. The molecule has 2 nitrogen and oxygen atoms in total. The Morgan fingerprint density at radius 1 is 1.50 bits per heavy atom. The van der Waals surface area contributed by atoms with Gasteiger partial charge in [-0.3, -0.25) is 0 Å². The summed E-state index contributed by atoms with van der Waals surface area (Å²) in [5.41, 5.74) is 0. The highest BCUT2D eigenvalue weighted by molar-refractivity contribution is 4.90. The van der Waals surface area contributed by atoms with Gasteiger partial charge in [-0.25, -0.2) is 0 Å². The molecule has 1 aliphatic rings. The molecule has 0 saturated carbocycles. The van der Waals surface area contributed by atoms with Gasteiger partial charge in [0.05, 0.1) is 0 Å². The second-order valence-electron chi connectivity index (χ2n) is 4.33. The molecule has 0 aromatic heterocycles. The highest BCUT2D eigenvalue weighted by atomic mass is 16.2. The Morgan fingerprint density at radius 2 is 2.36 bits per heavy atom. The van der Waals surface area contributed by atoms with Crippen molar-refractivity contribution < 1.29 is 5.11 Å². The second kappa shape index (κ2) is 7.02. The number of allylic oxidation sites excluding steroid dienone is 2. The fourth-order valence-electron chi connectivity index (χ4n) is 1.91. The van der Waals surface area contributed by atoms with Gasteiger partial charge in [0, 0.05) is 12.6 Å². The Labute approximate surface area is 87.4 Å². The van der Waals surface area contributed by atoms with Crippen LogP contribution in [0.5, 0.6) is 0 Å². The van der Waals surface area contributed by atoms with E-state index in [1.54, 1.807) is 0 Å². The number of rotatable bonds is 6. The van der Waals surface area contributed by atoms with Crippen LogP contribution in [-0.2, 0) is 0 Å². The topological polar surface area (TPSA) is 32.3 Å². The van der Waals surface area contributed by atoms with Crippen LogP contribution in [0.4, 0.5) is 0 Å². The van der Waals surface area contributed by atoms with Gasteiger partial charge in [-0.2, -0.15) is 0 Å². The monoisotopic (exact) mass is 197 g/mol. The summed E-state index contributed by atoms with van der Waals surface area (Å²) in [7, 11) is 0. The minimum atomic E-state index is 0.318. The third kappa shape index (κ3) is 4.77. The molecule has 2 atom stereocenters. The number of nitrogens with one attached hydrogen (secondary N) is 1. The highest BCUT2D eigenvalue weighted by Gasteiger charge is 2.10. The van der Waals surface area contributed by atoms with E-state index < -0.39 is 0 Å². The molecule has 0 saturated heterocycles. The lowest BCUT2D eigenvalue weighted by Crippen LogP contribution is -2.31. The number of aliphatic hydroxyl groups is 1. The lowest BCUT2D eigenvalue weighted by Gasteiger charge is -2.21. The van der Waals surface area contributed by atoms with Gasteiger partial charge < -0.3 is 10.4 Å². The summed E-state index contributed by atoms with van der Waals surface area (Å²) in [4.78, 5) is 0. The number of hydrogen-bond acceptors (Lipinski definition) is 2. The third-order valence-electron chi connectivity index (χ3n) is 2.93. The van der Waals surface area contributed by atoms with Crippen LogP contribution in [0, 0.1) is 5.92 Å². The molecule has 1 rings (SSSR count). The van der Waals surface area contributed by atoms with Gasteiger partial charge in [-0.15, -0.1) is 0 Å². The van der Waals surface area contributed by atoms with Crippen LogP contribution in [0.2, 0.25) is 0 Å². The molecule has 0 bridgehead atoms. The van der Waals surface area contributed by atoms with Crippen LogP contribution in [0.15, 0.2) is 12.2 Å². The van der Waals surface area contributed by atoms with Gasteiger partial charge in [0.15, 0.2) is 0 Å². The van der Waals surface area contributed by atoms with Crippen molar-refractivity contribution in [3.05, 3.63) is 12.2 Å². The van der Waals surface area contributed by atoms with Gasteiger partial charge >= 0.3 is 0 Å². The smallest absolute Gasteiger partial charge is 0.0431 e. The van der Waals surface area contributed by atoms with Gasteiger partial charge in [0.25, 0.3) is 0 Å². The molecule has 0 aromatic carbocycles. The van der Waals surface area contributed by atoms with Crippen molar-refractivity contribution in [2.45, 2.75) is 45.1 Å². The van der Waals surface area contributed by atoms with E-state index in [1.165, 1.54) is 19.3 Å². The molecule has 0 unspecified atom stereocenters. The van der Waals surface area contributed by atoms with Crippen LogP contribution >= 0.6 is 0 Å². The molecule has 2 heteroatoms. The van der Waals surface area contributed by atoms with Gasteiger partial charge in [-0.05, 0) is 51.5 Å². The molecule has 0 heterocycles. The van der Waals surface area contributed by atoms with Crippen molar-refractivity contribution in [3.8, 4) is 0 Å². The zero-order valence-electron chi connectivity index (χ0n) is 9.21. The SMILES string of the molecule is C[C@@H](CCCO)NC[C@H]1CC=CCC1. The van der Waals surface area contributed by atoms with E-state index in [1.807, 2.05) is 0 Å². The molecular weight excluding hydrogens is 174 g/mol. The fourth-order valence-corrected chi connectivity index (χ4v) is 1.91. The molecule has 0 fully saturated rings. The Balaban J connectivity index is 2.04. The minimum absolute atomic E-state index is 0.318. The molecule has 0 radical (unpaired) electrons. The van der Waals surface area contributed by atoms with Crippen molar-refractivity contribution >= 4 is 0 Å². The van der Waals surface area contributed by atoms with E-state index in [9.17, 15) is 0 Å². The molecule has 14 heavy (non-hydrogen) atoms. The van der Waals surface area contributed by atoms with Crippen molar-refractivity contribution in [3.63, 3.8) is 0 Å². The Morgan fingerprint density at radius 3 is 3.00 bits per heavy atom. The molecule has 82 valence electrons. The van der Waals surface area contributed by atoms with E-state index in [4.69, 9.17) is 5.11 Å². The molecule has 0 aromatic rings. The van der Waals surface area contributed by atoms with Gasteiger partial charge in [0.1, 0.15) is 0 Å².